The van der Waals surface area contributed by atoms with Crippen molar-refractivity contribution in [3.63, 3.8) is 0 Å². The van der Waals surface area contributed by atoms with E-state index in [4.69, 9.17) is 0 Å². The van der Waals surface area contributed by atoms with E-state index in [9.17, 15) is 4.39 Å². The number of anilines is 1. The van der Waals surface area contributed by atoms with Gasteiger partial charge in [0.25, 0.3) is 0 Å². The van der Waals surface area contributed by atoms with Crippen molar-refractivity contribution in [2.24, 2.45) is 0 Å². The van der Waals surface area contributed by atoms with Crippen molar-refractivity contribution in [2.75, 3.05) is 11.9 Å². The average molecular weight is 237 g/mol. The summed E-state index contributed by atoms with van der Waals surface area (Å²) in [5, 5.41) is 0. The molecule has 0 saturated heterocycles. The van der Waals surface area contributed by atoms with Crippen LogP contribution in [0.4, 0.5) is 10.2 Å². The first kappa shape index (κ1) is 11.0. The van der Waals surface area contributed by atoms with Gasteiger partial charge >= 0.3 is 0 Å². The van der Waals surface area contributed by atoms with E-state index in [0.29, 0.717) is 12.4 Å². The Bertz CT molecular complexity index is 484. The van der Waals surface area contributed by atoms with Crippen molar-refractivity contribution >= 4 is 17.2 Å². The molecule has 0 aliphatic heterocycles. The lowest BCUT2D eigenvalue weighted by atomic mass is 10.4. The summed E-state index contributed by atoms with van der Waals surface area (Å²) in [7, 11) is 1.82. The van der Waals surface area contributed by atoms with E-state index in [1.807, 2.05) is 7.05 Å². The number of hydrogen-bond donors (Lipinski definition) is 0. The lowest BCUT2D eigenvalue weighted by molar-refractivity contribution is 0.607. The fraction of sp³-hybridized carbons (Fsp3) is 0.273. The highest BCUT2D eigenvalue weighted by Gasteiger charge is 2.09. The number of hydrogen-bond acceptors (Lipinski definition) is 4. The Morgan fingerprint density at radius 1 is 1.44 bits per heavy atom. The highest BCUT2D eigenvalue weighted by Crippen LogP contribution is 2.20. The van der Waals surface area contributed by atoms with Gasteiger partial charge in [-0.25, -0.2) is 14.4 Å². The first-order valence-corrected chi connectivity index (χ1v) is 5.70. The van der Waals surface area contributed by atoms with E-state index >= 15 is 0 Å². The zero-order valence-electron chi connectivity index (χ0n) is 9.14. The molecule has 0 unspecified atom stereocenters. The Morgan fingerprint density at radius 2 is 2.25 bits per heavy atom. The maximum Gasteiger partial charge on any atom is 0.183 e. The molecule has 0 saturated carbocycles. The van der Waals surface area contributed by atoms with Gasteiger partial charge in [-0.3, -0.25) is 0 Å². The molecule has 3 nitrogen and oxygen atoms in total. The van der Waals surface area contributed by atoms with E-state index in [0.717, 1.165) is 0 Å². The molecule has 0 amide bonds. The van der Waals surface area contributed by atoms with Crippen molar-refractivity contribution in [1.82, 2.24) is 9.97 Å². The van der Waals surface area contributed by atoms with Gasteiger partial charge < -0.3 is 4.90 Å². The molecule has 0 fully saturated rings. The zero-order chi connectivity index (χ0) is 11.5. The first-order valence-electron chi connectivity index (χ1n) is 4.89. The standard InChI is InChI=1S/C11H12FN3S/c1-8-3-4-9(16-8)6-15(2)11-10(12)5-13-7-14-11/h3-5,7H,6H2,1-2H3. The normalized spacial score (nSPS) is 10.4. The quantitative estimate of drug-likeness (QED) is 0.821. The molecular formula is C11H12FN3S. The molecule has 0 atom stereocenters. The summed E-state index contributed by atoms with van der Waals surface area (Å²) >= 11 is 1.71. The van der Waals surface area contributed by atoms with Crippen molar-refractivity contribution in [3.8, 4) is 0 Å². The molecular weight excluding hydrogens is 225 g/mol. The monoisotopic (exact) mass is 237 g/mol. The minimum Gasteiger partial charge on any atom is -0.352 e. The second-order valence-corrected chi connectivity index (χ2v) is 4.94. The molecule has 0 spiro atoms. The van der Waals surface area contributed by atoms with Gasteiger partial charge in [-0.2, -0.15) is 0 Å². The fourth-order valence-electron chi connectivity index (χ4n) is 1.47. The Kier molecular flexibility index (Phi) is 3.14. The molecule has 2 rings (SSSR count). The summed E-state index contributed by atoms with van der Waals surface area (Å²) in [5.74, 6) is -0.0562. The highest BCUT2D eigenvalue weighted by molar-refractivity contribution is 7.11. The van der Waals surface area contributed by atoms with Gasteiger partial charge in [-0.15, -0.1) is 11.3 Å². The molecule has 2 heterocycles. The summed E-state index contributed by atoms with van der Waals surface area (Å²) in [6, 6.07) is 4.11. The second kappa shape index (κ2) is 4.57. The minimum absolute atomic E-state index is 0.334. The minimum atomic E-state index is -0.390. The largest absolute Gasteiger partial charge is 0.352 e. The summed E-state index contributed by atoms with van der Waals surface area (Å²) in [6.07, 6.45) is 2.53. The molecule has 5 heteroatoms. The van der Waals surface area contributed by atoms with Crippen LogP contribution in [0.25, 0.3) is 0 Å². The molecule has 0 radical (unpaired) electrons. The van der Waals surface area contributed by atoms with Crippen LogP contribution in [0.1, 0.15) is 9.75 Å². The van der Waals surface area contributed by atoms with E-state index < -0.39 is 5.82 Å². The van der Waals surface area contributed by atoms with Crippen molar-refractivity contribution in [1.29, 1.82) is 0 Å². The Balaban J connectivity index is 2.14. The first-order chi connectivity index (χ1) is 7.66. The predicted molar refractivity (Wildman–Crippen MR) is 63.2 cm³/mol. The molecule has 0 bridgehead atoms. The van der Waals surface area contributed by atoms with Crippen LogP contribution in [0.3, 0.4) is 0 Å². The third kappa shape index (κ3) is 2.36. The molecule has 0 aliphatic rings. The van der Waals surface area contributed by atoms with Gasteiger partial charge in [0, 0.05) is 16.8 Å². The van der Waals surface area contributed by atoms with Crippen LogP contribution in [0.2, 0.25) is 0 Å². The Hall–Kier alpha value is -1.49. The topological polar surface area (TPSA) is 29.0 Å². The van der Waals surface area contributed by atoms with E-state index in [-0.39, 0.29) is 0 Å². The third-order valence-corrected chi connectivity index (χ3v) is 3.18. The second-order valence-electron chi connectivity index (χ2n) is 3.56. The van der Waals surface area contributed by atoms with Crippen LogP contribution < -0.4 is 4.90 Å². The molecule has 16 heavy (non-hydrogen) atoms. The predicted octanol–water partition coefficient (Wildman–Crippen LogP) is 2.62. The molecule has 84 valence electrons. The lowest BCUT2D eigenvalue weighted by Crippen LogP contribution is -2.18. The summed E-state index contributed by atoms with van der Waals surface area (Å²) in [5.41, 5.74) is 0. The number of aromatic nitrogens is 2. The highest BCUT2D eigenvalue weighted by atomic mass is 32.1. The van der Waals surface area contributed by atoms with Gasteiger partial charge in [-0.05, 0) is 19.1 Å². The van der Waals surface area contributed by atoms with Gasteiger partial charge in [0.05, 0.1) is 12.7 Å². The van der Waals surface area contributed by atoms with E-state index in [2.05, 4.69) is 29.0 Å². The zero-order valence-corrected chi connectivity index (χ0v) is 9.96. The number of aryl methyl sites for hydroxylation is 1. The van der Waals surface area contributed by atoms with Crippen LogP contribution in [-0.4, -0.2) is 17.0 Å². The molecule has 2 aromatic heterocycles. The fourth-order valence-corrected chi connectivity index (χ4v) is 2.41. The third-order valence-electron chi connectivity index (χ3n) is 2.20. The van der Waals surface area contributed by atoms with Gasteiger partial charge in [0.15, 0.2) is 11.6 Å². The van der Waals surface area contributed by atoms with E-state index in [1.54, 1.807) is 16.2 Å². The smallest absolute Gasteiger partial charge is 0.183 e. The van der Waals surface area contributed by atoms with Gasteiger partial charge in [-0.1, -0.05) is 0 Å². The maximum atomic E-state index is 13.4. The Labute approximate surface area is 97.6 Å². The van der Waals surface area contributed by atoms with Crippen molar-refractivity contribution in [2.45, 2.75) is 13.5 Å². The summed E-state index contributed by atoms with van der Waals surface area (Å²) in [4.78, 5) is 11.8. The van der Waals surface area contributed by atoms with Crippen LogP contribution >= 0.6 is 11.3 Å². The molecule has 0 N–H and O–H groups in total. The average Bonchev–Trinajstić information content (AvgIpc) is 2.64. The van der Waals surface area contributed by atoms with Crippen molar-refractivity contribution in [3.05, 3.63) is 40.2 Å². The summed E-state index contributed by atoms with van der Waals surface area (Å²) < 4.78 is 13.4. The van der Waals surface area contributed by atoms with Crippen LogP contribution in [0.15, 0.2) is 24.7 Å². The summed E-state index contributed by atoms with van der Waals surface area (Å²) in [6.45, 7) is 2.71. The Morgan fingerprint density at radius 3 is 2.88 bits per heavy atom. The van der Waals surface area contributed by atoms with Gasteiger partial charge in [0.1, 0.15) is 6.33 Å². The van der Waals surface area contributed by atoms with E-state index in [1.165, 1.54) is 22.3 Å². The lowest BCUT2D eigenvalue weighted by Gasteiger charge is -2.16. The molecule has 0 aliphatic carbocycles. The SMILES string of the molecule is Cc1ccc(CN(C)c2ncncc2F)s1. The van der Waals surface area contributed by atoms with Crippen LogP contribution in [0, 0.1) is 12.7 Å². The van der Waals surface area contributed by atoms with Crippen LogP contribution in [-0.2, 0) is 6.54 Å². The molecule has 2 aromatic rings. The van der Waals surface area contributed by atoms with Gasteiger partial charge in [0.2, 0.25) is 0 Å². The maximum absolute atomic E-state index is 13.4. The van der Waals surface area contributed by atoms with Crippen molar-refractivity contribution < 1.29 is 4.39 Å². The van der Waals surface area contributed by atoms with Crippen LogP contribution in [0.5, 0.6) is 0 Å². The number of nitrogens with zero attached hydrogens (tertiary/aromatic N) is 3. The number of halogens is 1. The molecule has 0 aromatic carbocycles. The number of thiophene rings is 1. The number of rotatable bonds is 3.